The Hall–Kier alpha value is -2.87. The molecule has 7 N–H and O–H groups in total. The van der Waals surface area contributed by atoms with Gasteiger partial charge in [0.05, 0.1) is 18.8 Å². The van der Waals surface area contributed by atoms with Gasteiger partial charge in [0.1, 0.15) is 30.2 Å². The first-order chi connectivity index (χ1) is 17.3. The monoisotopic (exact) mass is 524 g/mol. The highest BCUT2D eigenvalue weighted by Gasteiger charge is 2.35. The van der Waals surface area contributed by atoms with Crippen LogP contribution in [0.1, 0.15) is 54.2 Å². The molecule has 6 atom stereocenters. The van der Waals surface area contributed by atoms with Crippen molar-refractivity contribution in [2.45, 2.75) is 84.5 Å². The molecule has 0 unspecified atom stereocenters. The van der Waals surface area contributed by atoms with Gasteiger partial charge in [0.25, 0.3) is 0 Å². The van der Waals surface area contributed by atoms with Crippen molar-refractivity contribution >= 4 is 23.5 Å². The first kappa shape index (κ1) is 30.4. The summed E-state index contributed by atoms with van der Waals surface area (Å²) in [5.74, 6) is -2.32. The number of anilines is 1. The average molecular weight is 525 g/mol. The van der Waals surface area contributed by atoms with Crippen LogP contribution in [0.2, 0.25) is 0 Å². The Morgan fingerprint density at radius 1 is 1.05 bits per heavy atom. The lowest BCUT2D eigenvalue weighted by molar-refractivity contribution is -0.133. The fourth-order valence-electron chi connectivity index (χ4n) is 3.82. The Morgan fingerprint density at radius 2 is 1.62 bits per heavy atom. The Bertz CT molecular complexity index is 1010. The topological polar surface area (TPSA) is 198 Å². The molecular weight excluding hydrogens is 484 g/mol. The highest BCUT2D eigenvalue weighted by atomic mass is 16.5. The van der Waals surface area contributed by atoms with Crippen LogP contribution in [0, 0.1) is 17.8 Å². The van der Waals surface area contributed by atoms with E-state index in [9.17, 15) is 29.4 Å². The molecule has 1 fully saturated rings. The molecule has 208 valence electrons. The van der Waals surface area contributed by atoms with Crippen molar-refractivity contribution in [3.8, 4) is 0 Å². The van der Waals surface area contributed by atoms with Gasteiger partial charge in [-0.1, -0.05) is 41.5 Å². The number of aliphatic hydroxyl groups excluding tert-OH is 2. The number of aliphatic hydroxyl groups is 2. The Labute approximate surface area is 216 Å². The number of rotatable bonds is 11. The van der Waals surface area contributed by atoms with Crippen LogP contribution in [0.4, 0.5) is 5.82 Å². The molecule has 2 heterocycles. The zero-order chi connectivity index (χ0) is 28.0. The molecule has 0 saturated carbocycles. The summed E-state index contributed by atoms with van der Waals surface area (Å²) in [4.78, 5) is 54.9. The van der Waals surface area contributed by atoms with Crippen LogP contribution in [0.5, 0.6) is 0 Å². The molecular formula is C24H40N6O7. The number of nitrogens with one attached hydrogen (secondary N) is 3. The quantitative estimate of drug-likeness (QED) is 0.212. The van der Waals surface area contributed by atoms with E-state index in [1.807, 2.05) is 0 Å². The molecule has 1 aliphatic heterocycles. The van der Waals surface area contributed by atoms with E-state index in [-0.39, 0.29) is 36.6 Å². The largest absolute Gasteiger partial charge is 0.394 e. The van der Waals surface area contributed by atoms with E-state index in [1.165, 1.54) is 12.3 Å². The van der Waals surface area contributed by atoms with Crippen LogP contribution in [0.25, 0.3) is 0 Å². The molecule has 37 heavy (non-hydrogen) atoms. The van der Waals surface area contributed by atoms with Crippen molar-refractivity contribution in [3.63, 3.8) is 0 Å². The van der Waals surface area contributed by atoms with Gasteiger partial charge in [0.15, 0.2) is 0 Å². The molecule has 1 saturated heterocycles. The molecule has 0 bridgehead atoms. The highest BCUT2D eigenvalue weighted by molar-refractivity contribution is 5.98. The summed E-state index contributed by atoms with van der Waals surface area (Å²) in [6.45, 7) is 10.2. The number of carbonyl (C=O) groups is 3. The fraction of sp³-hybridized carbons (Fsp3) is 0.708. The summed E-state index contributed by atoms with van der Waals surface area (Å²) in [5, 5.41) is 27.0. The van der Waals surface area contributed by atoms with Crippen LogP contribution >= 0.6 is 0 Å². The van der Waals surface area contributed by atoms with Crippen LogP contribution in [-0.2, 0) is 19.1 Å². The van der Waals surface area contributed by atoms with Gasteiger partial charge in [-0.25, -0.2) is 4.79 Å². The number of nitrogens with zero attached hydrogens (tertiary/aromatic N) is 2. The maximum absolute atomic E-state index is 13.0. The summed E-state index contributed by atoms with van der Waals surface area (Å²) in [6.07, 6.45) is -1.04. The third-order valence-corrected chi connectivity index (χ3v) is 6.29. The van der Waals surface area contributed by atoms with E-state index in [0.717, 1.165) is 4.57 Å². The lowest BCUT2D eigenvalue weighted by atomic mass is 9.98. The maximum Gasteiger partial charge on any atom is 0.351 e. The van der Waals surface area contributed by atoms with Gasteiger partial charge < -0.3 is 36.6 Å². The number of aromatic nitrogens is 2. The first-order valence-corrected chi connectivity index (χ1v) is 12.5. The fourth-order valence-corrected chi connectivity index (χ4v) is 3.82. The lowest BCUT2D eigenvalue weighted by Gasteiger charge is -2.28. The molecule has 0 aromatic carbocycles. The maximum atomic E-state index is 13.0. The first-order valence-electron chi connectivity index (χ1n) is 12.5. The second-order valence-corrected chi connectivity index (χ2v) is 10.3. The number of nitrogens with two attached hydrogens (primary N) is 1. The summed E-state index contributed by atoms with van der Waals surface area (Å²) in [6, 6.07) is -1.27. The van der Waals surface area contributed by atoms with Crippen LogP contribution < -0.4 is 27.4 Å². The molecule has 13 nitrogen and oxygen atoms in total. The van der Waals surface area contributed by atoms with Crippen molar-refractivity contribution in [2.24, 2.45) is 23.5 Å². The Balaban J connectivity index is 2.11. The molecule has 1 aliphatic rings. The van der Waals surface area contributed by atoms with Gasteiger partial charge in [0, 0.05) is 12.6 Å². The number of amides is 3. The third-order valence-electron chi connectivity index (χ3n) is 6.29. The normalized spacial score (nSPS) is 22.1. The molecule has 13 heteroatoms. The summed E-state index contributed by atoms with van der Waals surface area (Å²) >= 11 is 0. The summed E-state index contributed by atoms with van der Waals surface area (Å²) in [7, 11) is 0. The van der Waals surface area contributed by atoms with Crippen LogP contribution in [0.15, 0.2) is 17.1 Å². The molecule has 3 amide bonds. The zero-order valence-corrected chi connectivity index (χ0v) is 22.2. The van der Waals surface area contributed by atoms with Crippen molar-refractivity contribution in [3.05, 3.63) is 22.7 Å². The van der Waals surface area contributed by atoms with Crippen molar-refractivity contribution in [1.29, 1.82) is 0 Å². The minimum atomic E-state index is -0.979. The van der Waals surface area contributed by atoms with E-state index < -0.39 is 60.0 Å². The van der Waals surface area contributed by atoms with Gasteiger partial charge in [-0.2, -0.15) is 4.98 Å². The summed E-state index contributed by atoms with van der Waals surface area (Å²) in [5.41, 5.74) is 5.18. The van der Waals surface area contributed by atoms with Gasteiger partial charge >= 0.3 is 5.69 Å². The van der Waals surface area contributed by atoms with E-state index in [4.69, 9.17) is 10.5 Å². The second-order valence-electron chi connectivity index (χ2n) is 10.3. The molecule has 0 radical (unpaired) electrons. The lowest BCUT2D eigenvalue weighted by Crippen LogP contribution is -2.58. The van der Waals surface area contributed by atoms with E-state index in [1.54, 1.807) is 41.5 Å². The highest BCUT2D eigenvalue weighted by Crippen LogP contribution is 2.27. The van der Waals surface area contributed by atoms with Gasteiger partial charge in [-0.3, -0.25) is 19.0 Å². The average Bonchev–Trinajstić information content (AvgIpc) is 3.19. The zero-order valence-electron chi connectivity index (χ0n) is 22.2. The molecule has 2 rings (SSSR count). The van der Waals surface area contributed by atoms with E-state index in [2.05, 4.69) is 20.9 Å². The van der Waals surface area contributed by atoms with Gasteiger partial charge in [0.2, 0.25) is 17.7 Å². The van der Waals surface area contributed by atoms with Crippen LogP contribution in [-0.4, -0.2) is 74.4 Å². The van der Waals surface area contributed by atoms with Crippen LogP contribution in [0.3, 0.4) is 0 Å². The Morgan fingerprint density at radius 3 is 2.11 bits per heavy atom. The number of hydrogen-bond acceptors (Lipinski definition) is 9. The predicted molar refractivity (Wildman–Crippen MR) is 135 cm³/mol. The minimum absolute atomic E-state index is 0.0278. The smallest absolute Gasteiger partial charge is 0.351 e. The van der Waals surface area contributed by atoms with Gasteiger partial charge in [-0.05, 0) is 23.8 Å². The SMILES string of the molecule is CC(C)[C@H](N)C(=O)N[C@H](C(=O)N[C@H](C(=O)Nc1ccn([C@H]2C[C@H](O)[C@@H](CO)O2)c(=O)n1)C(C)C)C(C)C. The van der Waals surface area contributed by atoms with E-state index in [0.29, 0.717) is 0 Å². The Kier molecular flexibility index (Phi) is 10.7. The molecule has 0 spiro atoms. The van der Waals surface area contributed by atoms with Crippen molar-refractivity contribution in [1.82, 2.24) is 20.2 Å². The number of hydrogen-bond donors (Lipinski definition) is 6. The molecule has 0 aliphatic carbocycles. The predicted octanol–water partition coefficient (Wildman–Crippen LogP) is -0.913. The van der Waals surface area contributed by atoms with Crippen molar-refractivity contribution in [2.75, 3.05) is 11.9 Å². The van der Waals surface area contributed by atoms with Gasteiger partial charge in [-0.15, -0.1) is 0 Å². The van der Waals surface area contributed by atoms with E-state index >= 15 is 0 Å². The minimum Gasteiger partial charge on any atom is -0.394 e. The summed E-state index contributed by atoms with van der Waals surface area (Å²) < 4.78 is 6.63. The number of ether oxygens (including phenoxy) is 1. The second kappa shape index (κ2) is 13.1. The number of carbonyl (C=O) groups excluding carboxylic acids is 3. The standard InChI is InChI=1S/C24H40N6O7/c1-11(2)18(25)21(33)28-20(13(5)6)23(35)29-19(12(3)4)22(34)26-16-7-8-30(24(36)27-16)17-9-14(32)15(10-31)37-17/h7-8,11-15,17-20,31-32H,9-10,25H2,1-6H3,(H,28,33)(H,29,35)(H,26,27,34,36)/t14-,15+,17+,18-,19-,20-/m0/s1. The third kappa shape index (κ3) is 7.81. The molecule has 1 aromatic heterocycles. The molecule has 1 aromatic rings. The van der Waals surface area contributed by atoms with Crippen molar-refractivity contribution < 1.29 is 29.3 Å².